The minimum absolute atomic E-state index is 0.367. The fourth-order valence-corrected chi connectivity index (χ4v) is 1.19. The Morgan fingerprint density at radius 2 is 2.18 bits per heavy atom. The lowest BCUT2D eigenvalue weighted by Gasteiger charge is -2.10. The summed E-state index contributed by atoms with van der Waals surface area (Å²) in [5, 5.41) is 0. The van der Waals surface area contributed by atoms with Crippen molar-refractivity contribution in [3.8, 4) is 0 Å². The van der Waals surface area contributed by atoms with Crippen molar-refractivity contribution < 1.29 is 0 Å². The summed E-state index contributed by atoms with van der Waals surface area (Å²) in [7, 11) is 3.27. The van der Waals surface area contributed by atoms with Gasteiger partial charge in [0.05, 0.1) is 0 Å². The highest BCUT2D eigenvalue weighted by molar-refractivity contribution is 6.04. The first-order chi connectivity index (χ1) is 5.24. The number of hydrogen-bond acceptors (Lipinski definition) is 1. The predicted octanol–water partition coefficient (Wildman–Crippen LogP) is 1.73. The van der Waals surface area contributed by atoms with E-state index in [0.717, 1.165) is 0 Å². The summed E-state index contributed by atoms with van der Waals surface area (Å²) >= 11 is 0. The molecule has 1 N–H and O–H groups in total. The van der Waals surface area contributed by atoms with Gasteiger partial charge in [0.1, 0.15) is 10.4 Å². The van der Waals surface area contributed by atoms with Crippen LogP contribution in [0.4, 0.5) is 0 Å². The van der Waals surface area contributed by atoms with E-state index in [-0.39, 0.29) is 0 Å². The highest BCUT2D eigenvalue weighted by atomic mass is 28.2. The van der Waals surface area contributed by atoms with Crippen LogP contribution < -0.4 is 4.98 Å². The van der Waals surface area contributed by atoms with E-state index in [1.807, 2.05) is 0 Å². The van der Waals surface area contributed by atoms with E-state index in [0.29, 0.717) is 6.04 Å². The van der Waals surface area contributed by atoms with Gasteiger partial charge in [0, 0.05) is 6.04 Å². The Morgan fingerprint density at radius 3 is 2.73 bits per heavy atom. The smallest absolute Gasteiger partial charge is 0.140 e. The van der Waals surface area contributed by atoms with Gasteiger partial charge < -0.3 is 4.98 Å². The Balaban J connectivity index is 2.86. The van der Waals surface area contributed by atoms with Crippen molar-refractivity contribution in [2.75, 3.05) is 0 Å². The van der Waals surface area contributed by atoms with Crippen LogP contribution in [0.15, 0.2) is 24.3 Å². The number of nitrogens with one attached hydrogen (secondary N) is 1. The van der Waals surface area contributed by atoms with Crippen molar-refractivity contribution in [3.05, 3.63) is 35.4 Å². The lowest BCUT2D eigenvalue weighted by molar-refractivity contribution is 0.743. The van der Waals surface area contributed by atoms with Crippen LogP contribution in [0.25, 0.3) is 0 Å². The van der Waals surface area contributed by atoms with Crippen LogP contribution in [0.5, 0.6) is 0 Å². The highest BCUT2D eigenvalue weighted by Crippen LogP contribution is 2.12. The number of aryl methyl sites for hydroxylation is 1. The zero-order chi connectivity index (χ0) is 8.27. The Morgan fingerprint density at radius 1 is 1.45 bits per heavy atom. The van der Waals surface area contributed by atoms with E-state index in [1.54, 1.807) is 0 Å². The molecule has 1 aromatic rings. The second-order valence-electron chi connectivity index (χ2n) is 2.78. The zero-order valence-electron chi connectivity index (χ0n) is 6.89. The molecule has 0 amide bonds. The molecule has 0 aliphatic carbocycles. The van der Waals surface area contributed by atoms with Crippen molar-refractivity contribution in [3.63, 3.8) is 0 Å². The van der Waals surface area contributed by atoms with Crippen molar-refractivity contribution >= 4 is 10.4 Å². The molecule has 1 unspecified atom stereocenters. The Labute approximate surface area is 71.3 Å². The molecule has 0 aliphatic rings. The molecule has 1 aromatic carbocycles. The minimum atomic E-state index is 0.367. The number of rotatable bonds is 2. The summed E-state index contributed by atoms with van der Waals surface area (Å²) in [6.07, 6.45) is 0. The van der Waals surface area contributed by atoms with Gasteiger partial charge in [-0.15, -0.1) is 0 Å². The maximum Gasteiger partial charge on any atom is 0.140 e. The maximum atomic E-state index is 3.27. The van der Waals surface area contributed by atoms with Crippen molar-refractivity contribution in [1.82, 2.24) is 4.98 Å². The average Bonchev–Trinajstić information content (AvgIpc) is 2.03. The topological polar surface area (TPSA) is 12.0 Å². The average molecular weight is 162 g/mol. The maximum absolute atomic E-state index is 3.27. The first-order valence-corrected chi connectivity index (χ1v) is 4.23. The molecular formula is C9H12NSi. The molecular weight excluding hydrogens is 150 g/mol. The highest BCUT2D eigenvalue weighted by Gasteiger charge is 1.99. The fraction of sp³-hybridized carbons (Fsp3) is 0.333. The molecule has 0 heterocycles. The quantitative estimate of drug-likeness (QED) is 0.653. The van der Waals surface area contributed by atoms with Crippen LogP contribution in [0.2, 0.25) is 0 Å². The van der Waals surface area contributed by atoms with E-state index >= 15 is 0 Å². The molecule has 1 rings (SSSR count). The number of hydrogen-bond donors (Lipinski definition) is 1. The van der Waals surface area contributed by atoms with Gasteiger partial charge in [-0.1, -0.05) is 29.8 Å². The van der Waals surface area contributed by atoms with Gasteiger partial charge >= 0.3 is 0 Å². The molecule has 3 radical (unpaired) electrons. The normalized spacial score (nSPS) is 13.0. The molecule has 0 bridgehead atoms. The van der Waals surface area contributed by atoms with Gasteiger partial charge in [0.25, 0.3) is 0 Å². The molecule has 0 saturated carbocycles. The zero-order valence-corrected chi connectivity index (χ0v) is 7.89. The third-order valence-corrected chi connectivity index (χ3v) is 2.19. The fourth-order valence-electron chi connectivity index (χ4n) is 1.02. The predicted molar refractivity (Wildman–Crippen MR) is 48.5 cm³/mol. The lowest BCUT2D eigenvalue weighted by Crippen LogP contribution is -2.13. The van der Waals surface area contributed by atoms with Crippen LogP contribution in [0, 0.1) is 6.92 Å². The van der Waals surface area contributed by atoms with Crippen LogP contribution in [0.1, 0.15) is 24.1 Å². The molecule has 0 aliphatic heterocycles. The van der Waals surface area contributed by atoms with Gasteiger partial charge in [0.15, 0.2) is 0 Å². The summed E-state index contributed by atoms with van der Waals surface area (Å²) < 4.78 is 0. The molecule has 57 valence electrons. The molecule has 0 spiro atoms. The minimum Gasteiger partial charge on any atom is -0.334 e. The second-order valence-corrected chi connectivity index (χ2v) is 3.07. The summed E-state index contributed by atoms with van der Waals surface area (Å²) in [4.78, 5) is 3.01. The van der Waals surface area contributed by atoms with E-state index in [4.69, 9.17) is 0 Å². The first-order valence-electron chi connectivity index (χ1n) is 3.73. The van der Waals surface area contributed by atoms with Crippen molar-refractivity contribution in [2.24, 2.45) is 0 Å². The van der Waals surface area contributed by atoms with E-state index in [9.17, 15) is 0 Å². The third-order valence-electron chi connectivity index (χ3n) is 1.76. The van der Waals surface area contributed by atoms with Gasteiger partial charge in [0.2, 0.25) is 0 Å². The van der Waals surface area contributed by atoms with Gasteiger partial charge in [-0.3, -0.25) is 0 Å². The number of benzene rings is 1. The van der Waals surface area contributed by atoms with Crippen molar-refractivity contribution in [1.29, 1.82) is 0 Å². The standard InChI is InChI=1S/C9H12NSi/c1-7-4-3-5-9(6-7)8(2)10-11/h3-6,8,10H,1-2H3. The molecule has 1 nitrogen and oxygen atoms in total. The first kappa shape index (κ1) is 8.49. The molecule has 0 saturated heterocycles. The van der Waals surface area contributed by atoms with Crippen LogP contribution in [-0.4, -0.2) is 10.4 Å². The molecule has 2 heteroatoms. The van der Waals surface area contributed by atoms with E-state index in [1.165, 1.54) is 11.1 Å². The summed E-state index contributed by atoms with van der Waals surface area (Å²) in [6, 6.07) is 8.84. The third kappa shape index (κ3) is 2.17. The van der Waals surface area contributed by atoms with Gasteiger partial charge in [-0.2, -0.15) is 0 Å². The van der Waals surface area contributed by atoms with Crippen LogP contribution in [-0.2, 0) is 0 Å². The van der Waals surface area contributed by atoms with Crippen molar-refractivity contribution in [2.45, 2.75) is 19.9 Å². The summed E-state index contributed by atoms with van der Waals surface area (Å²) in [5.41, 5.74) is 2.61. The van der Waals surface area contributed by atoms with Crippen LogP contribution in [0.3, 0.4) is 0 Å². The summed E-state index contributed by atoms with van der Waals surface area (Å²) in [6.45, 7) is 4.21. The van der Waals surface area contributed by atoms with Gasteiger partial charge in [-0.05, 0) is 19.4 Å². The Hall–Kier alpha value is -0.603. The van der Waals surface area contributed by atoms with E-state index < -0.39 is 0 Å². The molecule has 1 atom stereocenters. The largest absolute Gasteiger partial charge is 0.334 e. The SMILES string of the molecule is Cc1cccc(C(C)N[Si])c1. The monoisotopic (exact) mass is 162 g/mol. The molecule has 0 aromatic heterocycles. The Kier molecular flexibility index (Phi) is 2.85. The van der Waals surface area contributed by atoms with Crippen LogP contribution >= 0.6 is 0 Å². The second kappa shape index (κ2) is 3.69. The lowest BCUT2D eigenvalue weighted by atomic mass is 10.1. The molecule has 11 heavy (non-hydrogen) atoms. The summed E-state index contributed by atoms with van der Waals surface area (Å²) in [5.74, 6) is 0. The Bertz CT molecular complexity index is 235. The van der Waals surface area contributed by atoms with E-state index in [2.05, 4.69) is 53.5 Å². The molecule has 0 fully saturated rings. The van der Waals surface area contributed by atoms with Gasteiger partial charge in [-0.25, -0.2) is 0 Å².